The number of nitrogens with one attached hydrogen (secondary N) is 2. The van der Waals surface area contributed by atoms with E-state index in [0.29, 0.717) is 20.1 Å². The zero-order valence-electron chi connectivity index (χ0n) is 11.1. The van der Waals surface area contributed by atoms with Crippen LogP contribution in [-0.2, 0) is 4.79 Å². The number of benzene rings is 1. The van der Waals surface area contributed by atoms with Gasteiger partial charge in [0, 0.05) is 11.3 Å². The minimum Gasteiger partial charge on any atom is -0.482 e. The quantitative estimate of drug-likeness (QED) is 0.859. The second kappa shape index (κ2) is 5.75. The first-order chi connectivity index (χ1) is 10.0. The minimum atomic E-state index is -0.152. The van der Waals surface area contributed by atoms with Crippen LogP contribution in [0.2, 0.25) is 8.67 Å². The summed E-state index contributed by atoms with van der Waals surface area (Å²) in [6.07, 6.45) is 0. The third-order valence-electron chi connectivity index (χ3n) is 3.15. The Bertz CT molecular complexity index is 702. The summed E-state index contributed by atoms with van der Waals surface area (Å²) >= 11 is 13.5. The number of rotatable bonds is 3. The van der Waals surface area contributed by atoms with E-state index in [9.17, 15) is 4.79 Å². The fourth-order valence-corrected chi connectivity index (χ4v) is 3.79. The molecule has 3 rings (SSSR count). The van der Waals surface area contributed by atoms with Crippen molar-refractivity contribution in [3.05, 3.63) is 38.5 Å². The lowest BCUT2D eigenvalue weighted by Gasteiger charge is -2.20. The van der Waals surface area contributed by atoms with Crippen LogP contribution in [0.4, 0.5) is 11.4 Å². The molecule has 2 N–H and O–H groups in total. The lowest BCUT2D eigenvalue weighted by atomic mass is 10.1. The molecule has 2 aromatic rings. The van der Waals surface area contributed by atoms with Crippen LogP contribution >= 0.6 is 34.5 Å². The molecular formula is C14H12Cl2N2O2S. The molecule has 1 aliphatic rings. The molecule has 1 atom stereocenters. The van der Waals surface area contributed by atoms with Crippen molar-refractivity contribution in [2.24, 2.45) is 0 Å². The summed E-state index contributed by atoms with van der Waals surface area (Å²) in [5.41, 5.74) is 2.48. The lowest BCUT2D eigenvalue weighted by Crippen LogP contribution is -2.25. The van der Waals surface area contributed by atoms with Gasteiger partial charge >= 0.3 is 0 Å². The molecule has 2 heterocycles. The molecule has 21 heavy (non-hydrogen) atoms. The zero-order chi connectivity index (χ0) is 15.0. The number of amides is 1. The monoisotopic (exact) mass is 342 g/mol. The van der Waals surface area contributed by atoms with Gasteiger partial charge in [-0.05, 0) is 31.2 Å². The van der Waals surface area contributed by atoms with E-state index in [1.54, 1.807) is 0 Å². The summed E-state index contributed by atoms with van der Waals surface area (Å²) in [5.74, 6) is 0.518. The van der Waals surface area contributed by atoms with E-state index in [4.69, 9.17) is 27.9 Å². The summed E-state index contributed by atoms with van der Waals surface area (Å²) < 4.78 is 6.66. The van der Waals surface area contributed by atoms with Crippen LogP contribution in [0.3, 0.4) is 0 Å². The van der Waals surface area contributed by atoms with Gasteiger partial charge in [0.05, 0.1) is 20.4 Å². The molecule has 0 bridgehead atoms. The Balaban J connectivity index is 1.80. The number of thiophene rings is 1. The molecule has 4 nitrogen and oxygen atoms in total. The standard InChI is InChI=1S/C14H12Cl2N2O2S/c1-7(9-5-12(15)21-14(9)16)17-8-2-3-11-10(4-8)18-13(19)6-20-11/h2-5,7,17H,6H2,1H3,(H,18,19). The van der Waals surface area contributed by atoms with Crippen molar-refractivity contribution >= 4 is 51.8 Å². The largest absolute Gasteiger partial charge is 0.482 e. The van der Waals surface area contributed by atoms with Crippen LogP contribution in [0.5, 0.6) is 5.75 Å². The first-order valence-electron chi connectivity index (χ1n) is 6.31. The fourth-order valence-electron chi connectivity index (χ4n) is 2.15. The molecule has 1 unspecified atom stereocenters. The number of carbonyl (C=O) groups is 1. The summed E-state index contributed by atoms with van der Waals surface area (Å²) in [4.78, 5) is 11.3. The maximum atomic E-state index is 11.3. The Kier molecular flexibility index (Phi) is 3.97. The highest BCUT2D eigenvalue weighted by molar-refractivity contribution is 7.20. The molecule has 0 spiro atoms. The Morgan fingerprint density at radius 2 is 2.19 bits per heavy atom. The average molecular weight is 343 g/mol. The van der Waals surface area contributed by atoms with Crippen molar-refractivity contribution in [2.75, 3.05) is 17.2 Å². The van der Waals surface area contributed by atoms with Gasteiger partial charge in [-0.2, -0.15) is 0 Å². The molecule has 0 aliphatic carbocycles. The Labute approximate surface area is 136 Å². The van der Waals surface area contributed by atoms with Crippen molar-refractivity contribution in [1.82, 2.24) is 0 Å². The van der Waals surface area contributed by atoms with E-state index in [2.05, 4.69) is 10.6 Å². The highest BCUT2D eigenvalue weighted by Gasteiger charge is 2.17. The first-order valence-corrected chi connectivity index (χ1v) is 7.88. The molecule has 0 fully saturated rings. The molecule has 1 aliphatic heterocycles. The normalized spacial score (nSPS) is 14.9. The summed E-state index contributed by atoms with van der Waals surface area (Å²) in [7, 11) is 0. The van der Waals surface area contributed by atoms with Gasteiger partial charge in [0.1, 0.15) is 5.75 Å². The van der Waals surface area contributed by atoms with Crippen LogP contribution in [0.25, 0.3) is 0 Å². The Hall–Kier alpha value is -1.43. The van der Waals surface area contributed by atoms with E-state index in [0.717, 1.165) is 11.3 Å². The fraction of sp³-hybridized carbons (Fsp3) is 0.214. The van der Waals surface area contributed by atoms with Gasteiger partial charge in [-0.3, -0.25) is 4.79 Å². The van der Waals surface area contributed by atoms with Crippen molar-refractivity contribution in [2.45, 2.75) is 13.0 Å². The number of halogens is 2. The molecule has 0 radical (unpaired) electrons. The average Bonchev–Trinajstić information content (AvgIpc) is 2.77. The molecule has 110 valence electrons. The number of fused-ring (bicyclic) bond motifs is 1. The summed E-state index contributed by atoms with van der Waals surface area (Å²) in [6.45, 7) is 2.05. The van der Waals surface area contributed by atoms with Crippen LogP contribution < -0.4 is 15.4 Å². The topological polar surface area (TPSA) is 50.4 Å². The van der Waals surface area contributed by atoms with Gasteiger partial charge < -0.3 is 15.4 Å². The van der Waals surface area contributed by atoms with Gasteiger partial charge in [-0.1, -0.05) is 23.2 Å². The van der Waals surface area contributed by atoms with Crippen molar-refractivity contribution in [3.63, 3.8) is 0 Å². The second-order valence-corrected chi connectivity index (χ2v) is 6.98. The van der Waals surface area contributed by atoms with Crippen LogP contribution in [0.15, 0.2) is 24.3 Å². The van der Waals surface area contributed by atoms with Gasteiger partial charge in [0.25, 0.3) is 5.91 Å². The van der Waals surface area contributed by atoms with Crippen molar-refractivity contribution in [1.29, 1.82) is 0 Å². The van der Waals surface area contributed by atoms with Crippen LogP contribution in [0, 0.1) is 0 Å². The Morgan fingerprint density at radius 3 is 2.90 bits per heavy atom. The van der Waals surface area contributed by atoms with Gasteiger partial charge in [-0.25, -0.2) is 0 Å². The number of hydrogen-bond acceptors (Lipinski definition) is 4. The zero-order valence-corrected chi connectivity index (χ0v) is 13.4. The van der Waals surface area contributed by atoms with Crippen LogP contribution in [0.1, 0.15) is 18.5 Å². The third kappa shape index (κ3) is 3.10. The maximum absolute atomic E-state index is 11.3. The van der Waals surface area contributed by atoms with Gasteiger partial charge in [0.15, 0.2) is 6.61 Å². The smallest absolute Gasteiger partial charge is 0.262 e. The van der Waals surface area contributed by atoms with E-state index in [-0.39, 0.29) is 18.6 Å². The highest BCUT2D eigenvalue weighted by atomic mass is 35.5. The molecule has 7 heteroatoms. The lowest BCUT2D eigenvalue weighted by molar-refractivity contribution is -0.118. The highest BCUT2D eigenvalue weighted by Crippen LogP contribution is 2.37. The first kappa shape index (κ1) is 14.5. The molecule has 1 aromatic heterocycles. The maximum Gasteiger partial charge on any atom is 0.262 e. The summed E-state index contributed by atoms with van der Waals surface area (Å²) in [5, 5.41) is 6.11. The number of anilines is 2. The van der Waals surface area contributed by atoms with Crippen molar-refractivity contribution in [3.8, 4) is 5.75 Å². The molecule has 1 aromatic carbocycles. The molecule has 1 amide bonds. The minimum absolute atomic E-state index is 0.000453. The number of carbonyl (C=O) groups excluding carboxylic acids is 1. The van der Waals surface area contributed by atoms with E-state index in [1.807, 2.05) is 31.2 Å². The third-order valence-corrected chi connectivity index (χ3v) is 4.66. The van der Waals surface area contributed by atoms with E-state index < -0.39 is 0 Å². The van der Waals surface area contributed by atoms with Gasteiger partial charge in [0.2, 0.25) is 0 Å². The van der Waals surface area contributed by atoms with Crippen LogP contribution in [-0.4, -0.2) is 12.5 Å². The predicted molar refractivity (Wildman–Crippen MR) is 86.9 cm³/mol. The summed E-state index contributed by atoms with van der Waals surface area (Å²) in [6, 6.07) is 7.42. The van der Waals surface area contributed by atoms with Gasteiger partial charge in [-0.15, -0.1) is 11.3 Å². The van der Waals surface area contributed by atoms with Crippen molar-refractivity contribution < 1.29 is 9.53 Å². The predicted octanol–water partition coefficient (Wildman–Crippen LogP) is 4.56. The SMILES string of the molecule is CC(Nc1ccc2c(c1)NC(=O)CO2)c1cc(Cl)sc1Cl. The number of hydrogen-bond donors (Lipinski definition) is 2. The van der Waals surface area contributed by atoms with E-state index in [1.165, 1.54) is 11.3 Å². The molecular weight excluding hydrogens is 331 g/mol. The molecule has 0 saturated heterocycles. The number of ether oxygens (including phenoxy) is 1. The Morgan fingerprint density at radius 1 is 1.38 bits per heavy atom. The second-order valence-electron chi connectivity index (χ2n) is 4.69. The van der Waals surface area contributed by atoms with E-state index >= 15 is 0 Å². The molecule has 0 saturated carbocycles.